The third-order valence-corrected chi connectivity index (χ3v) is 3.29. The van der Waals surface area contributed by atoms with Crippen LogP contribution < -0.4 is 16.4 Å². The second-order valence-corrected chi connectivity index (χ2v) is 5.41. The average molecular weight is 314 g/mol. The highest BCUT2D eigenvalue weighted by Crippen LogP contribution is 2.25. The molecule has 122 valence electrons. The van der Waals surface area contributed by atoms with Gasteiger partial charge in [-0.15, -0.1) is 0 Å². The maximum absolute atomic E-state index is 11.4. The number of hydrogen-bond acceptors (Lipinski definition) is 4. The van der Waals surface area contributed by atoms with Crippen molar-refractivity contribution in [3.05, 3.63) is 18.1 Å². The maximum atomic E-state index is 11.4. The summed E-state index contributed by atoms with van der Waals surface area (Å²) in [5.74, 6) is 6.39. The molecular formula is C16H22N6O. The fourth-order valence-corrected chi connectivity index (χ4v) is 2.16. The van der Waals surface area contributed by atoms with E-state index in [-0.39, 0.29) is 18.6 Å². The minimum atomic E-state index is -0.214. The zero-order chi connectivity index (χ0) is 16.8. The zero-order valence-electron chi connectivity index (χ0n) is 13.7. The zero-order valence-corrected chi connectivity index (χ0v) is 13.7. The normalized spacial score (nSPS) is 10.4. The lowest BCUT2D eigenvalue weighted by atomic mass is 10.2. The van der Waals surface area contributed by atoms with Crippen molar-refractivity contribution in [2.45, 2.75) is 33.2 Å². The molecule has 2 rings (SSSR count). The molecule has 0 radical (unpaired) electrons. The first kappa shape index (κ1) is 16.6. The Bertz CT molecular complexity index is 753. The molecule has 2 heterocycles. The number of fused-ring (bicyclic) bond motifs is 1. The van der Waals surface area contributed by atoms with Crippen LogP contribution >= 0.6 is 0 Å². The average Bonchev–Trinajstić information content (AvgIpc) is 2.90. The molecule has 0 fully saturated rings. The second-order valence-electron chi connectivity index (χ2n) is 5.41. The summed E-state index contributed by atoms with van der Waals surface area (Å²) in [7, 11) is 0. The molecule has 0 saturated carbocycles. The van der Waals surface area contributed by atoms with Crippen LogP contribution in [0.25, 0.3) is 11.0 Å². The molecule has 0 bridgehead atoms. The first-order valence-electron chi connectivity index (χ1n) is 7.66. The van der Waals surface area contributed by atoms with Crippen LogP contribution in [0.5, 0.6) is 0 Å². The number of anilines is 1. The molecule has 7 nitrogen and oxygen atoms in total. The molecule has 2 amide bonds. The van der Waals surface area contributed by atoms with Gasteiger partial charge in [0, 0.05) is 18.8 Å². The quantitative estimate of drug-likeness (QED) is 0.747. The largest absolute Gasteiger partial charge is 0.383 e. The van der Waals surface area contributed by atoms with Crippen molar-refractivity contribution < 1.29 is 4.79 Å². The standard InChI is InChI=1S/C16H22N6O/c1-4-7-18-16(23)19-8-5-6-12-9-22(11(2)3)15-13(12)14(17)20-10-21-15/h9-11H,4,7-8H2,1-3H3,(H2,17,20,21)(H2,18,19,23). The predicted molar refractivity (Wildman–Crippen MR) is 90.9 cm³/mol. The molecule has 0 aliphatic heterocycles. The number of urea groups is 1. The number of hydrogen-bond donors (Lipinski definition) is 3. The Morgan fingerprint density at radius 1 is 1.39 bits per heavy atom. The van der Waals surface area contributed by atoms with E-state index in [4.69, 9.17) is 5.73 Å². The highest BCUT2D eigenvalue weighted by molar-refractivity contribution is 5.92. The molecule has 0 aliphatic carbocycles. The van der Waals surface area contributed by atoms with Crippen molar-refractivity contribution >= 4 is 22.9 Å². The van der Waals surface area contributed by atoms with Gasteiger partial charge >= 0.3 is 6.03 Å². The van der Waals surface area contributed by atoms with Gasteiger partial charge in [-0.25, -0.2) is 14.8 Å². The third-order valence-electron chi connectivity index (χ3n) is 3.29. The molecule has 0 atom stereocenters. The number of rotatable bonds is 4. The van der Waals surface area contributed by atoms with Crippen molar-refractivity contribution in [3.63, 3.8) is 0 Å². The number of nitrogen functional groups attached to an aromatic ring is 1. The SMILES string of the molecule is CCCNC(=O)NCC#Cc1cn(C(C)C)c2ncnc(N)c12. The van der Waals surface area contributed by atoms with Gasteiger partial charge in [0.25, 0.3) is 0 Å². The van der Waals surface area contributed by atoms with E-state index in [1.165, 1.54) is 6.33 Å². The Kier molecular flexibility index (Phi) is 5.41. The van der Waals surface area contributed by atoms with Crippen LogP contribution in [0.1, 0.15) is 38.8 Å². The summed E-state index contributed by atoms with van der Waals surface area (Å²) in [6, 6.07) is 0.0221. The Hall–Kier alpha value is -2.75. The van der Waals surface area contributed by atoms with E-state index in [2.05, 4.69) is 46.3 Å². The fraction of sp³-hybridized carbons (Fsp3) is 0.438. The molecule has 2 aromatic rings. The number of nitrogens with one attached hydrogen (secondary N) is 2. The highest BCUT2D eigenvalue weighted by atomic mass is 16.2. The van der Waals surface area contributed by atoms with E-state index in [0.29, 0.717) is 12.4 Å². The van der Waals surface area contributed by atoms with Crippen LogP contribution in [0.3, 0.4) is 0 Å². The first-order chi connectivity index (χ1) is 11.0. The van der Waals surface area contributed by atoms with Gasteiger partial charge in [-0.3, -0.25) is 0 Å². The Labute approximate surface area is 135 Å². The lowest BCUT2D eigenvalue weighted by Gasteiger charge is -2.07. The van der Waals surface area contributed by atoms with Crippen LogP contribution in [0.15, 0.2) is 12.5 Å². The van der Waals surface area contributed by atoms with Crippen molar-refractivity contribution in [1.29, 1.82) is 0 Å². The van der Waals surface area contributed by atoms with Crippen molar-refractivity contribution in [3.8, 4) is 11.8 Å². The summed E-state index contributed by atoms with van der Waals surface area (Å²) < 4.78 is 2.01. The highest BCUT2D eigenvalue weighted by Gasteiger charge is 2.13. The fourth-order valence-electron chi connectivity index (χ4n) is 2.16. The summed E-state index contributed by atoms with van der Waals surface area (Å²) in [5, 5.41) is 6.17. The number of carbonyl (C=O) groups excluding carboxylic acids is 1. The van der Waals surface area contributed by atoms with Crippen LogP contribution in [0, 0.1) is 11.8 Å². The van der Waals surface area contributed by atoms with Crippen LogP contribution in [0.4, 0.5) is 10.6 Å². The Morgan fingerprint density at radius 2 is 2.17 bits per heavy atom. The summed E-state index contributed by atoms with van der Waals surface area (Å²) >= 11 is 0. The van der Waals surface area contributed by atoms with E-state index < -0.39 is 0 Å². The van der Waals surface area contributed by atoms with Crippen molar-refractivity contribution in [1.82, 2.24) is 25.2 Å². The minimum Gasteiger partial charge on any atom is -0.383 e. The molecule has 23 heavy (non-hydrogen) atoms. The summed E-state index contributed by atoms with van der Waals surface area (Å²) in [6.07, 6.45) is 4.27. The van der Waals surface area contributed by atoms with Gasteiger partial charge in [-0.1, -0.05) is 18.8 Å². The van der Waals surface area contributed by atoms with Gasteiger partial charge in [0.05, 0.1) is 17.5 Å². The molecule has 7 heteroatoms. The monoisotopic (exact) mass is 314 g/mol. The molecular weight excluding hydrogens is 292 g/mol. The van der Waals surface area contributed by atoms with Crippen LogP contribution in [-0.2, 0) is 0 Å². The lowest BCUT2D eigenvalue weighted by molar-refractivity contribution is 0.242. The first-order valence-corrected chi connectivity index (χ1v) is 7.66. The third kappa shape index (κ3) is 3.92. The number of nitrogens with zero attached hydrogens (tertiary/aromatic N) is 3. The van der Waals surface area contributed by atoms with Crippen molar-refractivity contribution in [2.75, 3.05) is 18.8 Å². The maximum Gasteiger partial charge on any atom is 0.315 e. The topological polar surface area (TPSA) is 97.9 Å². The van der Waals surface area contributed by atoms with Gasteiger partial charge in [0.15, 0.2) is 0 Å². The van der Waals surface area contributed by atoms with Crippen molar-refractivity contribution in [2.24, 2.45) is 0 Å². The van der Waals surface area contributed by atoms with E-state index in [1.54, 1.807) is 0 Å². The molecule has 0 unspecified atom stereocenters. The minimum absolute atomic E-state index is 0.214. The van der Waals surface area contributed by atoms with E-state index in [9.17, 15) is 4.79 Å². The van der Waals surface area contributed by atoms with Gasteiger partial charge < -0.3 is 20.9 Å². The Balaban J connectivity index is 2.18. The molecule has 2 aromatic heterocycles. The summed E-state index contributed by atoms with van der Waals surface area (Å²) in [5.41, 5.74) is 7.50. The molecule has 4 N–H and O–H groups in total. The number of nitrogens with two attached hydrogens (primary N) is 1. The number of aromatic nitrogens is 3. The molecule has 0 aliphatic rings. The molecule has 0 aromatic carbocycles. The van der Waals surface area contributed by atoms with Gasteiger partial charge in [0.2, 0.25) is 0 Å². The van der Waals surface area contributed by atoms with Gasteiger partial charge in [-0.05, 0) is 20.3 Å². The van der Waals surface area contributed by atoms with E-state index in [1.807, 2.05) is 17.7 Å². The Morgan fingerprint density at radius 3 is 2.87 bits per heavy atom. The number of amides is 2. The van der Waals surface area contributed by atoms with Gasteiger partial charge in [0.1, 0.15) is 17.8 Å². The van der Waals surface area contributed by atoms with E-state index in [0.717, 1.165) is 23.0 Å². The molecule has 0 saturated heterocycles. The predicted octanol–water partition coefficient (Wildman–Crippen LogP) is 1.66. The van der Waals surface area contributed by atoms with E-state index >= 15 is 0 Å². The van der Waals surface area contributed by atoms with Gasteiger partial charge in [-0.2, -0.15) is 0 Å². The van der Waals surface area contributed by atoms with Crippen LogP contribution in [-0.4, -0.2) is 33.7 Å². The smallest absolute Gasteiger partial charge is 0.315 e. The summed E-state index contributed by atoms with van der Waals surface area (Å²) in [6.45, 7) is 7.03. The lowest BCUT2D eigenvalue weighted by Crippen LogP contribution is -2.35. The molecule has 0 spiro atoms. The van der Waals surface area contributed by atoms with Crippen LogP contribution in [0.2, 0.25) is 0 Å². The summed E-state index contributed by atoms with van der Waals surface area (Å²) in [4.78, 5) is 19.8. The second kappa shape index (κ2) is 7.49. The number of carbonyl (C=O) groups is 1.